The van der Waals surface area contributed by atoms with Crippen molar-refractivity contribution >= 4 is 45.7 Å². The van der Waals surface area contributed by atoms with Crippen molar-refractivity contribution in [3.8, 4) is 0 Å². The molecule has 5 heterocycles. The maximum Gasteiger partial charge on any atom is 0.419 e. The van der Waals surface area contributed by atoms with E-state index in [0.717, 1.165) is 92.4 Å². The lowest BCUT2D eigenvalue weighted by Gasteiger charge is -2.33. The number of rotatable bonds is 7. The summed E-state index contributed by atoms with van der Waals surface area (Å²) in [5, 5.41) is 9.59. The van der Waals surface area contributed by atoms with Crippen LogP contribution in [0, 0.1) is 12.8 Å². The first kappa shape index (κ1) is 36.3. The van der Waals surface area contributed by atoms with Crippen LogP contribution in [-0.2, 0) is 16.0 Å². The number of aromatic nitrogens is 4. The second kappa shape index (κ2) is 14.3. The molecule has 1 aromatic carbocycles. The summed E-state index contributed by atoms with van der Waals surface area (Å²) in [6.45, 7) is 16.4. The van der Waals surface area contributed by atoms with Gasteiger partial charge in [-0.05, 0) is 125 Å². The molecule has 12 nitrogen and oxygen atoms in total. The van der Waals surface area contributed by atoms with Gasteiger partial charge in [0.25, 0.3) is 5.91 Å². The monoisotopic (exact) mass is 699 g/mol. The third-order valence-electron chi connectivity index (χ3n) is 9.84. The van der Waals surface area contributed by atoms with Gasteiger partial charge in [-0.3, -0.25) is 14.4 Å². The van der Waals surface area contributed by atoms with E-state index in [0.29, 0.717) is 22.8 Å². The average Bonchev–Trinajstić information content (AvgIpc) is 3.73. The van der Waals surface area contributed by atoms with E-state index in [1.165, 1.54) is 0 Å². The number of piperidine rings is 1. The number of aryl methyl sites for hydroxylation is 2. The molecule has 4 aromatic rings. The van der Waals surface area contributed by atoms with E-state index in [2.05, 4.69) is 22.2 Å². The van der Waals surface area contributed by atoms with E-state index < -0.39 is 17.3 Å². The summed E-state index contributed by atoms with van der Waals surface area (Å²) < 4.78 is 15.0. The highest BCUT2D eigenvalue weighted by molar-refractivity contribution is 6.06. The van der Waals surface area contributed by atoms with Gasteiger partial charge in [-0.25, -0.2) is 19.1 Å². The first-order chi connectivity index (χ1) is 24.1. The van der Waals surface area contributed by atoms with Gasteiger partial charge in [-0.15, -0.1) is 0 Å². The van der Waals surface area contributed by atoms with Crippen molar-refractivity contribution in [2.45, 2.75) is 111 Å². The van der Waals surface area contributed by atoms with E-state index in [9.17, 15) is 14.4 Å². The molecular weight excluding hydrogens is 646 g/mol. The average molecular weight is 700 g/mol. The number of ether oxygens (including phenoxy) is 2. The number of anilines is 1. The fourth-order valence-electron chi connectivity index (χ4n) is 7.33. The molecule has 1 N–H and O–H groups in total. The van der Waals surface area contributed by atoms with Crippen molar-refractivity contribution < 1.29 is 23.9 Å². The fraction of sp³-hybridized carbons (Fsp3) is 0.564. The molecular formula is C39H53N7O5. The molecule has 2 aliphatic heterocycles. The van der Waals surface area contributed by atoms with Crippen molar-refractivity contribution in [3.63, 3.8) is 0 Å². The summed E-state index contributed by atoms with van der Waals surface area (Å²) in [7, 11) is 2.07. The Labute approximate surface area is 300 Å². The first-order valence-corrected chi connectivity index (χ1v) is 18.3. The zero-order valence-electron chi connectivity index (χ0n) is 31.4. The van der Waals surface area contributed by atoms with Gasteiger partial charge >= 0.3 is 12.2 Å². The lowest BCUT2D eigenvalue weighted by Crippen LogP contribution is -2.41. The third-order valence-corrected chi connectivity index (χ3v) is 9.84. The Balaban J connectivity index is 1.14. The molecule has 2 saturated heterocycles. The molecule has 2 amide bonds. The van der Waals surface area contributed by atoms with Gasteiger partial charge in [0.2, 0.25) is 0 Å². The standard InChI is InChI=1S/C39H53N7O5/c1-25-29-14-13-27(21-32(29)45(42-25)18-9-11-26-15-19-44(20-16-26)36(48)50-38(2,3)4)35(47)41-34-23-31-28(24-40-34)22-33(30-12-10-17-43(30)8)46(31)37(49)51-39(5,6)7/h13-14,21-24,26,30H,9-12,15-20H2,1-8H3,(H,40,41,47)/t30-/m1/s1. The second-order valence-electron chi connectivity index (χ2n) is 16.2. The quantitative estimate of drug-likeness (QED) is 0.206. The minimum absolute atomic E-state index is 0.0835. The molecule has 0 spiro atoms. The molecule has 0 saturated carbocycles. The Hall–Kier alpha value is -4.45. The van der Waals surface area contributed by atoms with Crippen LogP contribution in [0.15, 0.2) is 36.5 Å². The maximum absolute atomic E-state index is 13.6. The van der Waals surface area contributed by atoms with Crippen LogP contribution < -0.4 is 5.32 Å². The van der Waals surface area contributed by atoms with Gasteiger partial charge in [0, 0.05) is 53.9 Å². The van der Waals surface area contributed by atoms with Crippen molar-refractivity contribution in [1.82, 2.24) is 29.1 Å². The lowest BCUT2D eigenvalue weighted by atomic mass is 9.92. The number of nitrogens with zero attached hydrogens (tertiary/aromatic N) is 6. The number of carbonyl (C=O) groups excluding carboxylic acids is 3. The highest BCUT2D eigenvalue weighted by Gasteiger charge is 2.31. The van der Waals surface area contributed by atoms with Crippen LogP contribution in [0.3, 0.4) is 0 Å². The normalized spacial score (nSPS) is 17.7. The van der Waals surface area contributed by atoms with Crippen LogP contribution in [0.1, 0.15) is 108 Å². The minimum atomic E-state index is -0.665. The maximum atomic E-state index is 13.6. The number of nitrogens with one attached hydrogen (secondary N) is 1. The Morgan fingerprint density at radius 1 is 0.902 bits per heavy atom. The van der Waals surface area contributed by atoms with E-state index in [-0.39, 0.29) is 18.0 Å². The Morgan fingerprint density at radius 2 is 1.61 bits per heavy atom. The molecule has 12 heteroatoms. The van der Waals surface area contributed by atoms with Crippen LogP contribution in [0.2, 0.25) is 0 Å². The molecule has 0 aliphatic carbocycles. The predicted molar refractivity (Wildman–Crippen MR) is 198 cm³/mol. The molecule has 0 unspecified atom stereocenters. The number of benzene rings is 1. The summed E-state index contributed by atoms with van der Waals surface area (Å²) in [5.74, 6) is 0.602. The SMILES string of the molecule is Cc1nn(CCCC2CCN(C(=O)OC(C)(C)C)CC2)c2cc(C(=O)Nc3cc4c(cn3)cc([C@H]3CCCN3C)n4C(=O)OC(C)(C)C)ccc12. The first-order valence-electron chi connectivity index (χ1n) is 18.3. The Morgan fingerprint density at radius 3 is 2.27 bits per heavy atom. The zero-order chi connectivity index (χ0) is 36.7. The summed E-state index contributed by atoms with van der Waals surface area (Å²) in [4.78, 5) is 48.3. The number of hydrogen-bond donors (Lipinski definition) is 1. The summed E-state index contributed by atoms with van der Waals surface area (Å²) in [5.41, 5.74) is 2.68. The van der Waals surface area contributed by atoms with Crippen LogP contribution >= 0.6 is 0 Å². The van der Waals surface area contributed by atoms with Crippen molar-refractivity contribution in [3.05, 3.63) is 53.5 Å². The van der Waals surface area contributed by atoms with Crippen molar-refractivity contribution in [1.29, 1.82) is 0 Å². The topological polar surface area (TPSA) is 124 Å². The van der Waals surface area contributed by atoms with Crippen LogP contribution in [0.4, 0.5) is 15.4 Å². The number of amides is 2. The van der Waals surface area contributed by atoms with Gasteiger partial charge in [-0.1, -0.05) is 6.07 Å². The number of hydrogen-bond acceptors (Lipinski definition) is 8. The van der Waals surface area contributed by atoms with Crippen LogP contribution in [-0.4, -0.2) is 85.1 Å². The van der Waals surface area contributed by atoms with Gasteiger partial charge in [0.05, 0.1) is 22.8 Å². The minimum Gasteiger partial charge on any atom is -0.444 e. The smallest absolute Gasteiger partial charge is 0.419 e. The molecule has 2 aliphatic rings. The molecule has 0 bridgehead atoms. The van der Waals surface area contributed by atoms with E-state index >= 15 is 0 Å². The molecule has 1 atom stereocenters. The highest BCUT2D eigenvalue weighted by Crippen LogP contribution is 2.35. The third kappa shape index (κ3) is 8.38. The lowest BCUT2D eigenvalue weighted by molar-refractivity contribution is 0.0180. The van der Waals surface area contributed by atoms with E-state index in [4.69, 9.17) is 14.6 Å². The van der Waals surface area contributed by atoms with Gasteiger partial charge in [-0.2, -0.15) is 5.10 Å². The van der Waals surface area contributed by atoms with E-state index in [1.54, 1.807) is 16.8 Å². The van der Waals surface area contributed by atoms with Gasteiger partial charge in [0.1, 0.15) is 17.0 Å². The number of carbonyl (C=O) groups is 3. The van der Waals surface area contributed by atoms with Crippen molar-refractivity contribution in [2.24, 2.45) is 5.92 Å². The molecule has 3 aromatic heterocycles. The van der Waals surface area contributed by atoms with Crippen LogP contribution in [0.5, 0.6) is 0 Å². The molecule has 0 radical (unpaired) electrons. The summed E-state index contributed by atoms with van der Waals surface area (Å²) >= 11 is 0. The summed E-state index contributed by atoms with van der Waals surface area (Å²) in [6.07, 6.45) is 6.94. The fourth-order valence-corrected chi connectivity index (χ4v) is 7.33. The predicted octanol–water partition coefficient (Wildman–Crippen LogP) is 7.92. The summed E-state index contributed by atoms with van der Waals surface area (Å²) in [6, 6.07) is 9.49. The molecule has 274 valence electrons. The van der Waals surface area contributed by atoms with E-state index in [1.807, 2.05) is 82.3 Å². The Bertz CT molecular complexity index is 1920. The second-order valence-corrected chi connectivity index (χ2v) is 16.2. The molecule has 2 fully saturated rings. The largest absolute Gasteiger partial charge is 0.444 e. The van der Waals surface area contributed by atoms with Crippen LogP contribution in [0.25, 0.3) is 21.8 Å². The van der Waals surface area contributed by atoms with Gasteiger partial charge in [0.15, 0.2) is 0 Å². The molecule has 6 rings (SSSR count). The van der Waals surface area contributed by atoms with Gasteiger partial charge < -0.3 is 19.7 Å². The zero-order valence-corrected chi connectivity index (χ0v) is 31.4. The number of likely N-dealkylation sites (tertiary alicyclic amines) is 2. The van der Waals surface area contributed by atoms with Crippen molar-refractivity contribution in [2.75, 3.05) is 32.0 Å². The molecule has 51 heavy (non-hydrogen) atoms. The Kier molecular flexibility index (Phi) is 10.2. The highest BCUT2D eigenvalue weighted by atomic mass is 16.6. The number of fused-ring (bicyclic) bond motifs is 2. The number of pyridine rings is 1.